The molecule has 0 unspecified atom stereocenters. The molecule has 0 bridgehead atoms. The van der Waals surface area contributed by atoms with Crippen molar-refractivity contribution >= 4 is 11.9 Å². The highest BCUT2D eigenvalue weighted by atomic mass is 16.4. The molecule has 0 heterocycles. The number of carboxylic acid groups (broad SMARTS) is 2. The van der Waals surface area contributed by atoms with Crippen molar-refractivity contribution in [1.29, 1.82) is 0 Å². The van der Waals surface area contributed by atoms with Gasteiger partial charge in [-0.1, -0.05) is 160 Å². The summed E-state index contributed by atoms with van der Waals surface area (Å²) in [5.74, 6) is -1.55. The topological polar surface area (TPSA) is 74.6 Å². The van der Waals surface area contributed by atoms with Crippen molar-refractivity contribution in [3.8, 4) is 0 Å². The molecule has 0 saturated heterocycles. The van der Waals surface area contributed by atoms with E-state index in [1.165, 1.54) is 141 Å². The van der Waals surface area contributed by atoms with E-state index in [1.54, 1.807) is 6.08 Å². The minimum absolute atomic E-state index is 0.332. The lowest BCUT2D eigenvalue weighted by Gasteiger charge is -2.01. The molecule has 0 aromatic rings. The highest BCUT2D eigenvalue weighted by molar-refractivity contribution is 5.80. The average molecular weight is 563 g/mol. The van der Waals surface area contributed by atoms with E-state index < -0.39 is 11.9 Å². The molecule has 0 aromatic heterocycles. The van der Waals surface area contributed by atoms with Crippen LogP contribution in [-0.2, 0) is 9.59 Å². The zero-order chi connectivity index (χ0) is 29.8. The molecule has 0 spiro atoms. The van der Waals surface area contributed by atoms with Gasteiger partial charge in [0, 0.05) is 12.5 Å². The molecular weight excluding hydrogens is 496 g/mol. The standard InChI is InChI=1S/C18H34O2.C18H32O2/c2*1-2-3-4-5-6-7-8-9-10-11-12-13-14-15-16-17-18(19)20/h9-10H,2-8,11-17H2,1H3,(H,19,20);14-17H,2-13H2,1H3,(H,19,20)/b10-9-;. The van der Waals surface area contributed by atoms with E-state index in [0.717, 1.165) is 25.3 Å². The van der Waals surface area contributed by atoms with Gasteiger partial charge in [-0.3, -0.25) is 4.79 Å². The summed E-state index contributed by atoms with van der Waals surface area (Å²) in [5, 5.41) is 16.9. The van der Waals surface area contributed by atoms with Crippen LogP contribution in [0.2, 0.25) is 0 Å². The van der Waals surface area contributed by atoms with Crippen LogP contribution in [0, 0.1) is 0 Å². The van der Waals surface area contributed by atoms with Crippen LogP contribution >= 0.6 is 0 Å². The second-order valence-electron chi connectivity index (χ2n) is 11.2. The molecule has 0 fully saturated rings. The van der Waals surface area contributed by atoms with E-state index in [1.807, 2.05) is 12.2 Å². The van der Waals surface area contributed by atoms with Crippen LogP contribution in [-0.4, -0.2) is 22.2 Å². The highest BCUT2D eigenvalue weighted by Gasteiger charge is 1.96. The van der Waals surface area contributed by atoms with Crippen LogP contribution < -0.4 is 0 Å². The second kappa shape index (κ2) is 37.2. The third kappa shape index (κ3) is 43.2. The third-order valence-corrected chi connectivity index (χ3v) is 7.11. The molecule has 0 aliphatic carbocycles. The van der Waals surface area contributed by atoms with Crippen molar-refractivity contribution < 1.29 is 19.8 Å². The minimum Gasteiger partial charge on any atom is -0.481 e. The molecule has 0 aromatic carbocycles. The van der Waals surface area contributed by atoms with E-state index in [2.05, 4.69) is 26.0 Å². The second-order valence-corrected chi connectivity index (χ2v) is 11.2. The molecule has 4 heteroatoms. The first-order valence-corrected chi connectivity index (χ1v) is 17.0. The van der Waals surface area contributed by atoms with Crippen LogP contribution in [0.1, 0.15) is 181 Å². The van der Waals surface area contributed by atoms with Crippen molar-refractivity contribution in [2.24, 2.45) is 0 Å². The summed E-state index contributed by atoms with van der Waals surface area (Å²) in [6, 6.07) is 0. The van der Waals surface area contributed by atoms with E-state index in [0.29, 0.717) is 6.42 Å². The van der Waals surface area contributed by atoms with Gasteiger partial charge in [0.1, 0.15) is 0 Å². The number of carbonyl (C=O) groups is 2. The molecule has 0 aliphatic rings. The van der Waals surface area contributed by atoms with E-state index in [-0.39, 0.29) is 0 Å². The fraction of sp³-hybridized carbons (Fsp3) is 0.778. The molecule has 0 saturated carbocycles. The summed E-state index contributed by atoms with van der Waals surface area (Å²) in [4.78, 5) is 20.5. The van der Waals surface area contributed by atoms with Crippen LogP contribution in [0.15, 0.2) is 36.5 Å². The Morgan fingerprint density at radius 2 is 0.800 bits per heavy atom. The first kappa shape index (κ1) is 40.3. The molecule has 0 atom stereocenters. The number of allylic oxidation sites excluding steroid dienone is 5. The number of hydrogen-bond donors (Lipinski definition) is 2. The lowest BCUT2D eigenvalue weighted by Crippen LogP contribution is -1.93. The highest BCUT2D eigenvalue weighted by Crippen LogP contribution is 2.12. The summed E-state index contributed by atoms with van der Waals surface area (Å²) in [7, 11) is 0. The smallest absolute Gasteiger partial charge is 0.328 e. The normalized spacial score (nSPS) is 11.4. The molecule has 0 aliphatic heterocycles. The Morgan fingerprint density at radius 3 is 1.18 bits per heavy atom. The molecule has 234 valence electrons. The van der Waals surface area contributed by atoms with E-state index in [4.69, 9.17) is 10.2 Å². The number of hydrogen-bond acceptors (Lipinski definition) is 2. The van der Waals surface area contributed by atoms with E-state index in [9.17, 15) is 9.59 Å². The predicted molar refractivity (Wildman–Crippen MR) is 174 cm³/mol. The molecule has 0 amide bonds. The van der Waals surface area contributed by atoms with Gasteiger partial charge >= 0.3 is 11.9 Å². The van der Waals surface area contributed by atoms with Gasteiger partial charge in [0.05, 0.1) is 0 Å². The molecular formula is C36H66O4. The fourth-order valence-corrected chi connectivity index (χ4v) is 4.59. The Morgan fingerprint density at radius 1 is 0.450 bits per heavy atom. The Balaban J connectivity index is 0. The molecule has 2 N–H and O–H groups in total. The SMILES string of the molecule is CCCCCCCC/C=C\CCCCCCCC(=O)O.CCCCCCCCCCCCCC=CC=CC(=O)O. The Labute approximate surface area is 248 Å². The zero-order valence-corrected chi connectivity index (χ0v) is 26.6. The number of rotatable bonds is 29. The quantitative estimate of drug-likeness (QED) is 0.0411. The van der Waals surface area contributed by atoms with Gasteiger partial charge in [-0.25, -0.2) is 4.79 Å². The summed E-state index contributed by atoms with van der Waals surface area (Å²) in [5.41, 5.74) is 0. The average Bonchev–Trinajstić information content (AvgIpc) is 2.93. The van der Waals surface area contributed by atoms with Crippen LogP contribution in [0.4, 0.5) is 0 Å². The third-order valence-electron chi connectivity index (χ3n) is 7.11. The van der Waals surface area contributed by atoms with Crippen molar-refractivity contribution in [1.82, 2.24) is 0 Å². The van der Waals surface area contributed by atoms with Gasteiger partial charge < -0.3 is 10.2 Å². The van der Waals surface area contributed by atoms with Gasteiger partial charge in [-0.15, -0.1) is 0 Å². The minimum atomic E-state index is -0.885. The molecule has 4 nitrogen and oxygen atoms in total. The maximum Gasteiger partial charge on any atom is 0.328 e. The lowest BCUT2D eigenvalue weighted by atomic mass is 10.1. The first-order valence-electron chi connectivity index (χ1n) is 17.0. The number of aliphatic carboxylic acids is 2. The van der Waals surface area contributed by atoms with Gasteiger partial charge in [-0.05, 0) is 44.9 Å². The van der Waals surface area contributed by atoms with Gasteiger partial charge in [-0.2, -0.15) is 0 Å². The predicted octanol–water partition coefficient (Wildman–Crippen LogP) is 12.0. The number of carboxylic acids is 2. The summed E-state index contributed by atoms with van der Waals surface area (Å²) in [6.07, 6.45) is 43.9. The monoisotopic (exact) mass is 562 g/mol. The van der Waals surface area contributed by atoms with Crippen LogP contribution in [0.3, 0.4) is 0 Å². The van der Waals surface area contributed by atoms with Gasteiger partial charge in [0.2, 0.25) is 0 Å². The molecule has 0 radical (unpaired) electrons. The van der Waals surface area contributed by atoms with Crippen molar-refractivity contribution in [2.75, 3.05) is 0 Å². The van der Waals surface area contributed by atoms with E-state index >= 15 is 0 Å². The maximum atomic E-state index is 10.3. The van der Waals surface area contributed by atoms with Gasteiger partial charge in [0.25, 0.3) is 0 Å². The number of unbranched alkanes of at least 4 members (excludes halogenated alkanes) is 22. The zero-order valence-electron chi connectivity index (χ0n) is 26.6. The van der Waals surface area contributed by atoms with Crippen molar-refractivity contribution in [2.45, 2.75) is 181 Å². The van der Waals surface area contributed by atoms with Crippen molar-refractivity contribution in [3.05, 3.63) is 36.5 Å². The summed E-state index contributed by atoms with van der Waals surface area (Å²) in [6.45, 7) is 4.52. The maximum absolute atomic E-state index is 10.3. The van der Waals surface area contributed by atoms with Crippen molar-refractivity contribution in [3.63, 3.8) is 0 Å². The van der Waals surface area contributed by atoms with Crippen LogP contribution in [0.25, 0.3) is 0 Å². The summed E-state index contributed by atoms with van der Waals surface area (Å²) >= 11 is 0. The fourth-order valence-electron chi connectivity index (χ4n) is 4.59. The molecule has 0 rings (SSSR count). The summed E-state index contributed by atoms with van der Waals surface area (Å²) < 4.78 is 0. The Bertz CT molecular complexity index is 606. The van der Waals surface area contributed by atoms with Crippen LogP contribution in [0.5, 0.6) is 0 Å². The molecule has 40 heavy (non-hydrogen) atoms. The Kier molecular flexibility index (Phi) is 37.4. The lowest BCUT2D eigenvalue weighted by molar-refractivity contribution is -0.137. The van der Waals surface area contributed by atoms with Gasteiger partial charge in [0.15, 0.2) is 0 Å². The Hall–Kier alpha value is -1.84. The largest absolute Gasteiger partial charge is 0.481 e. The first-order chi connectivity index (χ1) is 19.5.